The number of carbonyl (C=O) groups is 2. The Balaban J connectivity index is 2.23. The third-order valence-electron chi connectivity index (χ3n) is 5.35. The molecule has 0 spiro atoms. The topological polar surface area (TPSA) is 58.6 Å². The van der Waals surface area contributed by atoms with Crippen LogP contribution in [0.5, 0.6) is 5.75 Å². The Morgan fingerprint density at radius 1 is 1.06 bits per heavy atom. The molecule has 168 valence electrons. The van der Waals surface area contributed by atoms with Crippen LogP contribution in [0.25, 0.3) is 0 Å². The minimum Gasteiger partial charge on any atom is -0.483 e. The highest BCUT2D eigenvalue weighted by atomic mass is 35.5. The van der Waals surface area contributed by atoms with Crippen molar-refractivity contribution in [1.82, 2.24) is 10.2 Å². The standard InChI is InChI=1S/C25H33ClN2O3/c1-6-19(5)27-25(30)22(7-2)28(15-20-10-12-21(26)13-11-20)24(29)16-31-23-14-17(3)8-9-18(23)4/h8-14,19,22H,6-7,15-16H2,1-5H3,(H,27,30)/t19-,22-/m0/s1. The Morgan fingerprint density at radius 2 is 1.74 bits per heavy atom. The van der Waals surface area contributed by atoms with Gasteiger partial charge in [-0.25, -0.2) is 0 Å². The summed E-state index contributed by atoms with van der Waals surface area (Å²) in [6.45, 7) is 9.98. The number of hydrogen-bond donors (Lipinski definition) is 1. The monoisotopic (exact) mass is 444 g/mol. The maximum absolute atomic E-state index is 13.2. The van der Waals surface area contributed by atoms with Crippen molar-refractivity contribution in [3.05, 3.63) is 64.2 Å². The quantitative estimate of drug-likeness (QED) is 0.557. The van der Waals surface area contributed by atoms with E-state index in [9.17, 15) is 9.59 Å². The second-order valence-electron chi connectivity index (χ2n) is 7.95. The molecule has 31 heavy (non-hydrogen) atoms. The van der Waals surface area contributed by atoms with Crippen LogP contribution in [0.2, 0.25) is 5.02 Å². The maximum atomic E-state index is 13.2. The van der Waals surface area contributed by atoms with Gasteiger partial charge in [-0.05, 0) is 68.5 Å². The number of benzene rings is 2. The summed E-state index contributed by atoms with van der Waals surface area (Å²) in [4.78, 5) is 27.8. The summed E-state index contributed by atoms with van der Waals surface area (Å²) in [6.07, 6.45) is 1.33. The molecule has 2 aromatic carbocycles. The van der Waals surface area contributed by atoms with Crippen molar-refractivity contribution in [1.29, 1.82) is 0 Å². The van der Waals surface area contributed by atoms with Gasteiger partial charge in [-0.15, -0.1) is 0 Å². The molecule has 2 rings (SSSR count). The zero-order chi connectivity index (χ0) is 23.0. The van der Waals surface area contributed by atoms with Crippen molar-refractivity contribution in [2.75, 3.05) is 6.61 Å². The number of halogens is 1. The lowest BCUT2D eigenvalue weighted by Crippen LogP contribution is -2.51. The molecule has 5 nitrogen and oxygen atoms in total. The fourth-order valence-corrected chi connectivity index (χ4v) is 3.36. The van der Waals surface area contributed by atoms with E-state index in [4.69, 9.17) is 16.3 Å². The van der Waals surface area contributed by atoms with Crippen LogP contribution >= 0.6 is 11.6 Å². The minimum atomic E-state index is -0.584. The van der Waals surface area contributed by atoms with E-state index in [1.807, 2.05) is 65.0 Å². The van der Waals surface area contributed by atoms with Gasteiger partial charge in [0.1, 0.15) is 11.8 Å². The largest absolute Gasteiger partial charge is 0.483 e. The number of carbonyl (C=O) groups excluding carboxylic acids is 2. The maximum Gasteiger partial charge on any atom is 0.261 e. The Labute approximate surface area is 190 Å². The van der Waals surface area contributed by atoms with Crippen LogP contribution in [0.1, 0.15) is 50.3 Å². The molecule has 0 heterocycles. The van der Waals surface area contributed by atoms with E-state index in [2.05, 4.69) is 5.32 Å². The van der Waals surface area contributed by atoms with Crippen LogP contribution in [-0.2, 0) is 16.1 Å². The summed E-state index contributed by atoms with van der Waals surface area (Å²) < 4.78 is 5.85. The predicted octanol–water partition coefficient (Wildman–Crippen LogP) is 5.06. The van der Waals surface area contributed by atoms with E-state index in [1.165, 1.54) is 0 Å². The summed E-state index contributed by atoms with van der Waals surface area (Å²) in [5.74, 6) is 0.296. The van der Waals surface area contributed by atoms with Gasteiger partial charge >= 0.3 is 0 Å². The van der Waals surface area contributed by atoms with Crippen LogP contribution in [0.15, 0.2) is 42.5 Å². The molecule has 0 bridgehead atoms. The van der Waals surface area contributed by atoms with E-state index in [0.717, 1.165) is 23.1 Å². The lowest BCUT2D eigenvalue weighted by molar-refractivity contribution is -0.143. The van der Waals surface area contributed by atoms with E-state index < -0.39 is 6.04 Å². The fourth-order valence-electron chi connectivity index (χ4n) is 3.23. The number of amides is 2. The van der Waals surface area contributed by atoms with Gasteiger partial charge in [0.05, 0.1) is 0 Å². The molecule has 0 aliphatic carbocycles. The zero-order valence-electron chi connectivity index (χ0n) is 19.1. The lowest BCUT2D eigenvalue weighted by Gasteiger charge is -2.31. The molecule has 0 fully saturated rings. The van der Waals surface area contributed by atoms with Crippen molar-refractivity contribution < 1.29 is 14.3 Å². The first-order chi connectivity index (χ1) is 14.7. The van der Waals surface area contributed by atoms with Gasteiger partial charge in [-0.3, -0.25) is 9.59 Å². The average Bonchev–Trinajstić information content (AvgIpc) is 2.75. The second kappa shape index (κ2) is 11.8. The highest BCUT2D eigenvalue weighted by Crippen LogP contribution is 2.20. The van der Waals surface area contributed by atoms with Crippen LogP contribution in [-0.4, -0.2) is 35.4 Å². The molecule has 2 aromatic rings. The molecular formula is C25H33ClN2O3. The molecule has 6 heteroatoms. The molecule has 2 atom stereocenters. The molecule has 0 unspecified atom stereocenters. The number of rotatable bonds is 10. The van der Waals surface area contributed by atoms with E-state index in [0.29, 0.717) is 23.7 Å². The smallest absolute Gasteiger partial charge is 0.261 e. The van der Waals surface area contributed by atoms with E-state index >= 15 is 0 Å². The van der Waals surface area contributed by atoms with Crippen molar-refractivity contribution >= 4 is 23.4 Å². The molecule has 0 aromatic heterocycles. The van der Waals surface area contributed by atoms with Gasteiger partial charge in [0, 0.05) is 17.6 Å². The first-order valence-electron chi connectivity index (χ1n) is 10.8. The molecule has 0 aliphatic heterocycles. The fraction of sp³-hybridized carbons (Fsp3) is 0.440. The van der Waals surface area contributed by atoms with Crippen molar-refractivity contribution in [2.24, 2.45) is 0 Å². The van der Waals surface area contributed by atoms with Crippen LogP contribution in [0.3, 0.4) is 0 Å². The van der Waals surface area contributed by atoms with Crippen LogP contribution < -0.4 is 10.1 Å². The summed E-state index contributed by atoms with van der Waals surface area (Å²) in [5, 5.41) is 3.63. The number of aryl methyl sites for hydroxylation is 2. The third kappa shape index (κ3) is 7.28. The molecule has 0 saturated heterocycles. The van der Waals surface area contributed by atoms with Crippen molar-refractivity contribution in [2.45, 2.75) is 66.1 Å². The van der Waals surface area contributed by atoms with Gasteiger partial charge in [-0.1, -0.05) is 49.7 Å². The van der Waals surface area contributed by atoms with Crippen molar-refractivity contribution in [3.63, 3.8) is 0 Å². The van der Waals surface area contributed by atoms with E-state index in [1.54, 1.807) is 17.0 Å². The van der Waals surface area contributed by atoms with Crippen molar-refractivity contribution in [3.8, 4) is 5.75 Å². The van der Waals surface area contributed by atoms with Crippen LogP contribution in [0, 0.1) is 13.8 Å². The Morgan fingerprint density at radius 3 is 2.35 bits per heavy atom. The number of nitrogens with zero attached hydrogens (tertiary/aromatic N) is 1. The summed E-state index contributed by atoms with van der Waals surface area (Å²) >= 11 is 6.00. The SMILES string of the molecule is CC[C@H](C)NC(=O)[C@H](CC)N(Cc1ccc(Cl)cc1)C(=O)COc1cc(C)ccc1C. The number of nitrogens with one attached hydrogen (secondary N) is 1. The molecule has 0 radical (unpaired) electrons. The summed E-state index contributed by atoms with van der Waals surface area (Å²) in [7, 11) is 0. The van der Waals surface area contributed by atoms with Gasteiger partial charge in [0.15, 0.2) is 6.61 Å². The first-order valence-corrected chi connectivity index (χ1v) is 11.2. The normalized spacial score (nSPS) is 12.7. The van der Waals surface area contributed by atoms with E-state index in [-0.39, 0.29) is 24.5 Å². The molecule has 2 amide bonds. The van der Waals surface area contributed by atoms with Gasteiger partial charge in [0.2, 0.25) is 5.91 Å². The summed E-state index contributed by atoms with van der Waals surface area (Å²) in [5.41, 5.74) is 2.92. The minimum absolute atomic E-state index is 0.0419. The predicted molar refractivity (Wildman–Crippen MR) is 125 cm³/mol. The number of ether oxygens (including phenoxy) is 1. The Bertz CT molecular complexity index is 883. The lowest BCUT2D eigenvalue weighted by atomic mass is 10.1. The first kappa shape index (κ1) is 24.7. The zero-order valence-corrected chi connectivity index (χ0v) is 19.8. The van der Waals surface area contributed by atoms with Gasteiger partial charge in [0.25, 0.3) is 5.91 Å². The second-order valence-corrected chi connectivity index (χ2v) is 8.38. The molecule has 0 aliphatic rings. The van der Waals surface area contributed by atoms with Gasteiger partial charge < -0.3 is 15.0 Å². The molecule has 0 saturated carbocycles. The molecular weight excluding hydrogens is 412 g/mol. The average molecular weight is 445 g/mol. The van der Waals surface area contributed by atoms with Crippen LogP contribution in [0.4, 0.5) is 0 Å². The van der Waals surface area contributed by atoms with Gasteiger partial charge in [-0.2, -0.15) is 0 Å². The Kier molecular flexibility index (Phi) is 9.38. The highest BCUT2D eigenvalue weighted by Gasteiger charge is 2.29. The molecule has 1 N–H and O–H groups in total. The highest BCUT2D eigenvalue weighted by molar-refractivity contribution is 6.30. The number of hydrogen-bond acceptors (Lipinski definition) is 3. The summed E-state index contributed by atoms with van der Waals surface area (Å²) in [6, 6.07) is 12.6. The third-order valence-corrected chi connectivity index (χ3v) is 5.60. The Hall–Kier alpha value is -2.53.